The molecule has 1 fully saturated rings. The van der Waals surface area contributed by atoms with Crippen LogP contribution < -0.4 is 10.5 Å². The first-order valence-corrected chi connectivity index (χ1v) is 7.86. The number of hydrogen-bond acceptors (Lipinski definition) is 3. The molecule has 2 rings (SSSR count). The molecular weight excluding hydrogens is 323 g/mol. The topological polar surface area (TPSA) is 55.6 Å². The Morgan fingerprint density at radius 3 is 2.50 bits per heavy atom. The summed E-state index contributed by atoms with van der Waals surface area (Å²) in [5.41, 5.74) is 5.91. The van der Waals surface area contributed by atoms with Crippen molar-refractivity contribution in [3.63, 3.8) is 0 Å². The average Bonchev–Trinajstić information content (AvgIpc) is 2.49. The molecule has 0 spiro atoms. The minimum absolute atomic E-state index is 0. The zero-order valence-electron chi connectivity index (χ0n) is 12.8. The predicted octanol–water partition coefficient (Wildman–Crippen LogP) is 3.12. The van der Waals surface area contributed by atoms with E-state index in [0.717, 1.165) is 31.7 Å². The van der Waals surface area contributed by atoms with Crippen LogP contribution >= 0.6 is 24.0 Å². The fourth-order valence-electron chi connectivity index (χ4n) is 2.62. The van der Waals surface area contributed by atoms with Crippen LogP contribution in [0.1, 0.15) is 26.2 Å². The van der Waals surface area contributed by atoms with Crippen molar-refractivity contribution in [2.24, 2.45) is 11.7 Å². The molecule has 1 aromatic rings. The maximum Gasteiger partial charge on any atom is 0.225 e. The van der Waals surface area contributed by atoms with E-state index in [1.54, 1.807) is 24.3 Å². The highest BCUT2D eigenvalue weighted by molar-refractivity contribution is 6.30. The monoisotopic (exact) mass is 346 g/mol. The first-order valence-electron chi connectivity index (χ1n) is 7.48. The van der Waals surface area contributed by atoms with Crippen molar-refractivity contribution in [2.75, 3.05) is 19.7 Å². The van der Waals surface area contributed by atoms with Crippen LogP contribution in [0.2, 0.25) is 5.02 Å². The van der Waals surface area contributed by atoms with Gasteiger partial charge < -0.3 is 15.4 Å². The average molecular weight is 347 g/mol. The second-order valence-electron chi connectivity index (χ2n) is 5.63. The summed E-state index contributed by atoms with van der Waals surface area (Å²) in [6.45, 7) is 4.06. The zero-order valence-corrected chi connectivity index (χ0v) is 14.4. The third kappa shape index (κ3) is 5.67. The maximum absolute atomic E-state index is 12.1. The second-order valence-corrected chi connectivity index (χ2v) is 6.07. The Morgan fingerprint density at radius 1 is 1.36 bits per heavy atom. The minimum Gasteiger partial charge on any atom is -0.493 e. The van der Waals surface area contributed by atoms with E-state index in [2.05, 4.69) is 0 Å². The van der Waals surface area contributed by atoms with Crippen molar-refractivity contribution in [1.82, 2.24) is 4.90 Å². The molecule has 124 valence electrons. The molecule has 1 amide bonds. The molecule has 1 aliphatic rings. The van der Waals surface area contributed by atoms with E-state index in [9.17, 15) is 4.79 Å². The maximum atomic E-state index is 12.1. The summed E-state index contributed by atoms with van der Waals surface area (Å²) in [6, 6.07) is 7.38. The van der Waals surface area contributed by atoms with Gasteiger partial charge in [0.15, 0.2) is 0 Å². The number of hydrogen-bond donors (Lipinski definition) is 1. The van der Waals surface area contributed by atoms with Crippen molar-refractivity contribution in [2.45, 2.75) is 32.2 Å². The van der Waals surface area contributed by atoms with Gasteiger partial charge in [0.05, 0.1) is 13.0 Å². The van der Waals surface area contributed by atoms with Crippen molar-refractivity contribution in [3.05, 3.63) is 29.3 Å². The summed E-state index contributed by atoms with van der Waals surface area (Å²) < 4.78 is 5.56. The molecule has 4 nitrogen and oxygen atoms in total. The van der Waals surface area contributed by atoms with E-state index in [-0.39, 0.29) is 24.4 Å². The first-order chi connectivity index (χ1) is 10.1. The molecule has 0 aliphatic carbocycles. The Hall–Kier alpha value is -0.970. The Labute approximate surface area is 143 Å². The molecule has 1 unspecified atom stereocenters. The Kier molecular flexibility index (Phi) is 8.01. The third-order valence-electron chi connectivity index (χ3n) is 4.03. The van der Waals surface area contributed by atoms with Gasteiger partial charge in [0.2, 0.25) is 5.91 Å². The number of benzene rings is 1. The van der Waals surface area contributed by atoms with Crippen LogP contribution in [-0.2, 0) is 4.79 Å². The fraction of sp³-hybridized carbons (Fsp3) is 0.562. The van der Waals surface area contributed by atoms with Crippen molar-refractivity contribution in [3.8, 4) is 5.75 Å². The number of carbonyl (C=O) groups is 1. The largest absolute Gasteiger partial charge is 0.493 e. The molecule has 22 heavy (non-hydrogen) atoms. The number of rotatable bonds is 5. The molecule has 1 atom stereocenters. The lowest BCUT2D eigenvalue weighted by atomic mass is 9.91. The number of ether oxygens (including phenoxy) is 1. The lowest BCUT2D eigenvalue weighted by Gasteiger charge is -2.33. The Balaban J connectivity index is 0.00000242. The normalized spacial score (nSPS) is 16.8. The lowest BCUT2D eigenvalue weighted by molar-refractivity contribution is -0.133. The number of piperidine rings is 1. The number of likely N-dealkylation sites (tertiary alicyclic amines) is 1. The molecular formula is C16H24Cl2N2O2. The van der Waals surface area contributed by atoms with E-state index in [4.69, 9.17) is 22.1 Å². The van der Waals surface area contributed by atoms with Crippen molar-refractivity contribution in [1.29, 1.82) is 0 Å². The summed E-state index contributed by atoms with van der Waals surface area (Å²) in [7, 11) is 0. The molecule has 1 aromatic carbocycles. The van der Waals surface area contributed by atoms with Gasteiger partial charge in [-0.3, -0.25) is 4.79 Å². The predicted molar refractivity (Wildman–Crippen MR) is 91.8 cm³/mol. The van der Waals surface area contributed by atoms with Crippen LogP contribution in [0.25, 0.3) is 0 Å². The first kappa shape index (κ1) is 19.1. The molecule has 0 saturated carbocycles. The van der Waals surface area contributed by atoms with Crippen LogP contribution in [0, 0.1) is 5.92 Å². The van der Waals surface area contributed by atoms with E-state index < -0.39 is 0 Å². The highest BCUT2D eigenvalue weighted by Crippen LogP contribution is 2.20. The minimum atomic E-state index is 0. The van der Waals surface area contributed by atoms with Gasteiger partial charge in [-0.25, -0.2) is 0 Å². The SMILES string of the molecule is CC(N)C1CCN(C(=O)CCOc2ccc(Cl)cc2)CC1.Cl. The summed E-state index contributed by atoms with van der Waals surface area (Å²) in [4.78, 5) is 14.0. The Bertz CT molecular complexity index is 458. The van der Waals surface area contributed by atoms with Crippen LogP contribution in [-0.4, -0.2) is 36.5 Å². The van der Waals surface area contributed by atoms with E-state index in [1.165, 1.54) is 0 Å². The van der Waals surface area contributed by atoms with Gasteiger partial charge in [0.1, 0.15) is 5.75 Å². The Morgan fingerprint density at radius 2 is 1.95 bits per heavy atom. The van der Waals surface area contributed by atoms with E-state index in [0.29, 0.717) is 24.0 Å². The summed E-state index contributed by atoms with van der Waals surface area (Å²) in [5, 5.41) is 0.676. The standard InChI is InChI=1S/C16H23ClN2O2.ClH/c1-12(18)13-6-9-19(10-7-13)16(20)8-11-21-15-4-2-14(17)3-5-15;/h2-5,12-13H,6-11,18H2,1H3;1H. The van der Waals surface area contributed by atoms with Gasteiger partial charge >= 0.3 is 0 Å². The highest BCUT2D eigenvalue weighted by Gasteiger charge is 2.24. The van der Waals surface area contributed by atoms with Gasteiger partial charge in [-0.1, -0.05) is 11.6 Å². The zero-order chi connectivity index (χ0) is 15.2. The number of amides is 1. The lowest BCUT2D eigenvalue weighted by Crippen LogP contribution is -2.42. The van der Waals surface area contributed by atoms with Crippen LogP contribution in [0.15, 0.2) is 24.3 Å². The third-order valence-corrected chi connectivity index (χ3v) is 4.29. The smallest absolute Gasteiger partial charge is 0.225 e. The molecule has 1 saturated heterocycles. The van der Waals surface area contributed by atoms with Gasteiger partial charge in [-0.05, 0) is 49.9 Å². The molecule has 0 aromatic heterocycles. The van der Waals surface area contributed by atoms with E-state index in [1.807, 2.05) is 11.8 Å². The number of nitrogens with two attached hydrogens (primary N) is 1. The van der Waals surface area contributed by atoms with Gasteiger partial charge in [0.25, 0.3) is 0 Å². The number of carbonyl (C=O) groups excluding carboxylic acids is 1. The quantitative estimate of drug-likeness (QED) is 0.890. The fourth-order valence-corrected chi connectivity index (χ4v) is 2.75. The highest BCUT2D eigenvalue weighted by atomic mass is 35.5. The van der Waals surface area contributed by atoms with E-state index >= 15 is 0 Å². The molecule has 1 heterocycles. The molecule has 6 heteroatoms. The summed E-state index contributed by atoms with van der Waals surface area (Å²) in [6.07, 6.45) is 2.41. The molecule has 1 aliphatic heterocycles. The summed E-state index contributed by atoms with van der Waals surface area (Å²) >= 11 is 5.81. The van der Waals surface area contributed by atoms with Gasteiger partial charge in [0, 0.05) is 24.2 Å². The van der Waals surface area contributed by atoms with Crippen molar-refractivity contribution < 1.29 is 9.53 Å². The number of nitrogens with zero attached hydrogens (tertiary/aromatic N) is 1. The van der Waals surface area contributed by atoms with Gasteiger partial charge in [-0.2, -0.15) is 0 Å². The van der Waals surface area contributed by atoms with Crippen molar-refractivity contribution >= 4 is 29.9 Å². The summed E-state index contributed by atoms with van der Waals surface area (Å²) in [5.74, 6) is 1.44. The van der Waals surface area contributed by atoms with Crippen LogP contribution in [0.4, 0.5) is 0 Å². The van der Waals surface area contributed by atoms with Crippen LogP contribution in [0.3, 0.4) is 0 Å². The molecule has 0 bridgehead atoms. The number of halogens is 2. The van der Waals surface area contributed by atoms with Gasteiger partial charge in [-0.15, -0.1) is 12.4 Å². The molecule has 2 N–H and O–H groups in total. The second kappa shape index (κ2) is 9.23. The molecule has 0 radical (unpaired) electrons. The van der Waals surface area contributed by atoms with Crippen LogP contribution in [0.5, 0.6) is 5.75 Å².